The van der Waals surface area contributed by atoms with Gasteiger partial charge in [0.05, 0.1) is 41.4 Å². The van der Waals surface area contributed by atoms with E-state index in [2.05, 4.69) is 21.4 Å². The van der Waals surface area contributed by atoms with Crippen LogP contribution in [-0.2, 0) is 4.79 Å². The van der Waals surface area contributed by atoms with Gasteiger partial charge in [-0.3, -0.25) is 4.79 Å². The van der Waals surface area contributed by atoms with Crippen molar-refractivity contribution in [3.63, 3.8) is 0 Å². The second-order valence-corrected chi connectivity index (χ2v) is 7.38. The van der Waals surface area contributed by atoms with Crippen LogP contribution in [0.1, 0.15) is 23.6 Å². The van der Waals surface area contributed by atoms with Crippen LogP contribution in [0, 0.1) is 11.3 Å². The zero-order valence-corrected chi connectivity index (χ0v) is 16.4. The number of amides is 1. The van der Waals surface area contributed by atoms with Gasteiger partial charge in [-0.05, 0) is 35.9 Å². The molecule has 7 nitrogen and oxygen atoms in total. The topological polar surface area (TPSA) is 92.8 Å². The quantitative estimate of drug-likeness (QED) is 0.525. The molecule has 0 saturated carbocycles. The Balaban J connectivity index is 1.54. The second-order valence-electron chi connectivity index (χ2n) is 6.35. The summed E-state index contributed by atoms with van der Waals surface area (Å²) < 4.78 is 7.96. The van der Waals surface area contributed by atoms with E-state index >= 15 is 0 Å². The molecular weight excluding hydrogens is 386 g/mol. The molecule has 8 heteroatoms. The van der Waals surface area contributed by atoms with E-state index < -0.39 is 0 Å². The van der Waals surface area contributed by atoms with Gasteiger partial charge in [0.15, 0.2) is 5.13 Å². The predicted molar refractivity (Wildman–Crippen MR) is 111 cm³/mol. The molecular formula is C21H17N5O2S. The van der Waals surface area contributed by atoms with E-state index in [0.29, 0.717) is 16.6 Å². The summed E-state index contributed by atoms with van der Waals surface area (Å²) in [7, 11) is 1.57. The average molecular weight is 403 g/mol. The van der Waals surface area contributed by atoms with Gasteiger partial charge in [-0.15, -0.1) is 0 Å². The Morgan fingerprint density at radius 3 is 2.83 bits per heavy atom. The van der Waals surface area contributed by atoms with Gasteiger partial charge >= 0.3 is 0 Å². The molecule has 4 rings (SSSR count). The number of rotatable bonds is 6. The summed E-state index contributed by atoms with van der Waals surface area (Å²) in [6.45, 7) is 0. The molecule has 0 aliphatic carbocycles. The Morgan fingerprint density at radius 2 is 2.14 bits per heavy atom. The van der Waals surface area contributed by atoms with Gasteiger partial charge in [0, 0.05) is 24.7 Å². The van der Waals surface area contributed by atoms with E-state index in [0.717, 1.165) is 15.8 Å². The van der Waals surface area contributed by atoms with Crippen molar-refractivity contribution in [2.75, 3.05) is 12.4 Å². The lowest BCUT2D eigenvalue weighted by molar-refractivity contribution is -0.116. The van der Waals surface area contributed by atoms with Crippen molar-refractivity contribution in [2.24, 2.45) is 0 Å². The highest BCUT2D eigenvalue weighted by atomic mass is 32.1. The molecule has 1 aromatic carbocycles. The first-order chi connectivity index (χ1) is 14.2. The lowest BCUT2D eigenvalue weighted by atomic mass is 10.1. The molecule has 0 spiro atoms. The summed E-state index contributed by atoms with van der Waals surface area (Å²) in [6.07, 6.45) is 5.78. The van der Waals surface area contributed by atoms with E-state index in [1.165, 1.54) is 11.3 Å². The largest absolute Gasteiger partial charge is 0.481 e. The zero-order valence-electron chi connectivity index (χ0n) is 15.6. The minimum absolute atomic E-state index is 0.154. The maximum atomic E-state index is 12.8. The van der Waals surface area contributed by atoms with Gasteiger partial charge < -0.3 is 14.6 Å². The maximum absolute atomic E-state index is 12.8. The lowest BCUT2D eigenvalue weighted by Crippen LogP contribution is -2.19. The lowest BCUT2D eigenvalue weighted by Gasteiger charge is -2.19. The fourth-order valence-electron chi connectivity index (χ4n) is 3.05. The van der Waals surface area contributed by atoms with Crippen molar-refractivity contribution in [3.05, 3.63) is 72.2 Å². The Bertz CT molecular complexity index is 1180. The third-order valence-corrected chi connectivity index (χ3v) is 5.42. The van der Waals surface area contributed by atoms with Crippen molar-refractivity contribution in [1.82, 2.24) is 14.5 Å². The molecule has 1 atom stereocenters. The number of nitrogens with one attached hydrogen (secondary N) is 1. The summed E-state index contributed by atoms with van der Waals surface area (Å²) in [5.41, 5.74) is 2.23. The second kappa shape index (κ2) is 8.12. The third-order valence-electron chi connectivity index (χ3n) is 4.48. The SMILES string of the molecule is COc1ccc(C(CC(=O)Nc2nc3ccc(C#N)cc3s2)n2cccc2)cn1. The van der Waals surface area contributed by atoms with E-state index in [-0.39, 0.29) is 18.4 Å². The van der Waals surface area contributed by atoms with Gasteiger partial charge in [-0.2, -0.15) is 5.26 Å². The monoisotopic (exact) mass is 403 g/mol. The predicted octanol–water partition coefficient (Wildman–Crippen LogP) is 3.99. The number of hydrogen-bond acceptors (Lipinski definition) is 6. The first kappa shape index (κ1) is 18.7. The molecule has 29 heavy (non-hydrogen) atoms. The van der Waals surface area contributed by atoms with Crippen LogP contribution in [0.3, 0.4) is 0 Å². The molecule has 0 aliphatic heterocycles. The number of thiazole rings is 1. The molecule has 1 amide bonds. The fourth-order valence-corrected chi connectivity index (χ4v) is 3.98. The number of pyridine rings is 1. The number of hydrogen-bond donors (Lipinski definition) is 1. The van der Waals surface area contributed by atoms with Crippen LogP contribution in [0.4, 0.5) is 5.13 Å². The molecule has 0 bridgehead atoms. The number of carbonyl (C=O) groups excluding carboxylic acids is 1. The van der Waals surface area contributed by atoms with E-state index in [1.807, 2.05) is 35.2 Å². The molecule has 4 aromatic rings. The van der Waals surface area contributed by atoms with Gasteiger partial charge in [0.1, 0.15) is 0 Å². The maximum Gasteiger partial charge on any atom is 0.228 e. The molecule has 0 radical (unpaired) electrons. The van der Waals surface area contributed by atoms with E-state index in [9.17, 15) is 4.79 Å². The smallest absolute Gasteiger partial charge is 0.228 e. The summed E-state index contributed by atoms with van der Waals surface area (Å²) in [4.78, 5) is 21.5. The van der Waals surface area contributed by atoms with Crippen LogP contribution < -0.4 is 10.1 Å². The fraction of sp³-hybridized carbons (Fsp3) is 0.143. The summed E-state index contributed by atoms with van der Waals surface area (Å²) >= 11 is 1.35. The highest BCUT2D eigenvalue weighted by Gasteiger charge is 2.19. The number of nitriles is 1. The molecule has 0 saturated heterocycles. The average Bonchev–Trinajstić information content (AvgIpc) is 3.41. The van der Waals surface area contributed by atoms with Gasteiger partial charge in [0.2, 0.25) is 11.8 Å². The Hall–Kier alpha value is -3.70. The summed E-state index contributed by atoms with van der Waals surface area (Å²) in [5, 5.41) is 12.4. The molecule has 1 N–H and O–H groups in total. The third kappa shape index (κ3) is 4.10. The van der Waals surface area contributed by atoms with Crippen LogP contribution in [-0.4, -0.2) is 27.6 Å². The minimum Gasteiger partial charge on any atom is -0.481 e. The van der Waals surface area contributed by atoms with E-state index in [4.69, 9.17) is 10.00 Å². The van der Waals surface area contributed by atoms with Crippen molar-refractivity contribution in [3.8, 4) is 11.9 Å². The standard InChI is InChI=1S/C21H17N5O2S/c1-28-20-7-5-15(13-23-20)17(26-8-2-3-9-26)11-19(27)25-21-24-16-6-4-14(12-22)10-18(16)29-21/h2-10,13,17H,11H2,1H3,(H,24,25,27). The number of anilines is 1. The normalized spacial score (nSPS) is 11.7. The van der Waals surface area contributed by atoms with Gasteiger partial charge in [-0.1, -0.05) is 17.4 Å². The molecule has 3 heterocycles. The molecule has 0 aliphatic rings. The first-order valence-corrected chi connectivity index (χ1v) is 9.71. The number of methoxy groups -OCH3 is 1. The number of aromatic nitrogens is 3. The minimum atomic E-state index is -0.206. The molecule has 0 fully saturated rings. The number of carbonyl (C=O) groups is 1. The highest BCUT2D eigenvalue weighted by molar-refractivity contribution is 7.22. The molecule has 1 unspecified atom stereocenters. The zero-order chi connectivity index (χ0) is 20.2. The van der Waals surface area contributed by atoms with Gasteiger partial charge in [-0.25, -0.2) is 9.97 Å². The van der Waals surface area contributed by atoms with E-state index in [1.54, 1.807) is 37.6 Å². The number of benzene rings is 1. The number of fused-ring (bicyclic) bond motifs is 1. The molecule has 3 aromatic heterocycles. The van der Waals surface area contributed by atoms with Crippen LogP contribution in [0.15, 0.2) is 61.1 Å². The van der Waals surface area contributed by atoms with Crippen LogP contribution in [0.2, 0.25) is 0 Å². The van der Waals surface area contributed by atoms with Crippen LogP contribution in [0.25, 0.3) is 10.2 Å². The molecule has 144 valence electrons. The van der Waals surface area contributed by atoms with Crippen molar-refractivity contribution < 1.29 is 9.53 Å². The van der Waals surface area contributed by atoms with Crippen molar-refractivity contribution >= 4 is 32.6 Å². The van der Waals surface area contributed by atoms with Crippen molar-refractivity contribution in [1.29, 1.82) is 5.26 Å². The highest BCUT2D eigenvalue weighted by Crippen LogP contribution is 2.28. The summed E-state index contributed by atoms with van der Waals surface area (Å²) in [6, 6.07) is 14.7. The number of ether oxygens (including phenoxy) is 1. The first-order valence-electron chi connectivity index (χ1n) is 8.89. The Labute approximate surface area is 171 Å². The Morgan fingerprint density at radius 1 is 1.31 bits per heavy atom. The van der Waals surface area contributed by atoms with Crippen LogP contribution in [0.5, 0.6) is 5.88 Å². The van der Waals surface area contributed by atoms with Crippen LogP contribution >= 0.6 is 11.3 Å². The summed E-state index contributed by atoms with van der Waals surface area (Å²) in [5.74, 6) is 0.370. The number of nitrogens with zero attached hydrogens (tertiary/aromatic N) is 4. The van der Waals surface area contributed by atoms with Gasteiger partial charge in [0.25, 0.3) is 0 Å². The van der Waals surface area contributed by atoms with Crippen molar-refractivity contribution in [2.45, 2.75) is 12.5 Å². The Kier molecular flexibility index (Phi) is 5.22.